The monoisotopic (exact) mass is 382 g/mol. The van der Waals surface area contributed by atoms with Crippen LogP contribution in [0.2, 0.25) is 0 Å². The van der Waals surface area contributed by atoms with Crippen LogP contribution in [0, 0.1) is 0 Å². The predicted octanol–water partition coefficient (Wildman–Crippen LogP) is 5.04. The minimum Gasteiger partial charge on any atom is -0.406 e. The summed E-state index contributed by atoms with van der Waals surface area (Å²) in [4.78, 5) is 3.13. The number of benzene rings is 2. The lowest BCUT2D eigenvalue weighted by Gasteiger charge is -2.20. The van der Waals surface area contributed by atoms with Crippen molar-refractivity contribution in [1.82, 2.24) is 15.2 Å². The third-order valence-electron chi connectivity index (χ3n) is 4.78. The minimum atomic E-state index is -4.72. The molecule has 5 rings (SSSR count). The standard InChI is InChI=1S/C20H13F3N4O/c21-20(22,23)28-12-7-5-11(6-8-12)18-15-9-24-19-17(15)14(10-25-27-19)13-3-1-2-4-16(13)26-18/h1-10,18,26H,(H,24,27). The Kier molecular flexibility index (Phi) is 3.55. The number of fused-ring (bicyclic) bond motifs is 2. The SMILES string of the molecule is FC(F)(F)Oc1ccc(C2Nc3ccccc3-c3cnnc4[nH]cc2c34)cc1. The van der Waals surface area contributed by atoms with E-state index >= 15 is 0 Å². The van der Waals surface area contributed by atoms with E-state index in [0.717, 1.165) is 33.3 Å². The first-order valence-electron chi connectivity index (χ1n) is 8.54. The first-order valence-corrected chi connectivity index (χ1v) is 8.54. The summed E-state index contributed by atoms with van der Waals surface area (Å²) in [5, 5.41) is 12.7. The fraction of sp³-hybridized carbons (Fsp3) is 0.100. The Morgan fingerprint density at radius 1 is 0.964 bits per heavy atom. The highest BCUT2D eigenvalue weighted by molar-refractivity contribution is 6.00. The number of nitrogens with zero attached hydrogens (tertiary/aromatic N) is 2. The maximum atomic E-state index is 12.4. The zero-order chi connectivity index (χ0) is 19.3. The van der Waals surface area contributed by atoms with E-state index in [1.165, 1.54) is 12.1 Å². The van der Waals surface area contributed by atoms with Crippen molar-refractivity contribution in [3.63, 3.8) is 0 Å². The van der Waals surface area contributed by atoms with E-state index in [-0.39, 0.29) is 11.8 Å². The Morgan fingerprint density at radius 2 is 1.75 bits per heavy atom. The van der Waals surface area contributed by atoms with E-state index in [2.05, 4.69) is 25.2 Å². The number of hydrogen-bond acceptors (Lipinski definition) is 4. The number of H-pyrrole nitrogens is 1. The topological polar surface area (TPSA) is 62.8 Å². The van der Waals surface area contributed by atoms with Crippen LogP contribution in [-0.4, -0.2) is 21.5 Å². The van der Waals surface area contributed by atoms with Gasteiger partial charge >= 0.3 is 6.36 Å². The van der Waals surface area contributed by atoms with Gasteiger partial charge in [0.15, 0.2) is 5.65 Å². The van der Waals surface area contributed by atoms with E-state index in [1.54, 1.807) is 18.3 Å². The second-order valence-electron chi connectivity index (χ2n) is 6.47. The van der Waals surface area contributed by atoms with Gasteiger partial charge in [-0.1, -0.05) is 30.3 Å². The van der Waals surface area contributed by atoms with E-state index < -0.39 is 6.36 Å². The molecule has 2 aromatic carbocycles. The van der Waals surface area contributed by atoms with E-state index in [4.69, 9.17) is 0 Å². The predicted molar refractivity (Wildman–Crippen MR) is 97.9 cm³/mol. The van der Waals surface area contributed by atoms with E-state index in [1.807, 2.05) is 30.5 Å². The third kappa shape index (κ3) is 2.74. The molecule has 3 heterocycles. The Bertz CT molecular complexity index is 1170. The molecule has 28 heavy (non-hydrogen) atoms. The Hall–Kier alpha value is -3.55. The number of rotatable bonds is 2. The molecule has 0 amide bonds. The summed E-state index contributed by atoms with van der Waals surface area (Å²) in [5.74, 6) is -0.254. The van der Waals surface area contributed by atoms with Crippen molar-refractivity contribution in [3.8, 4) is 16.9 Å². The van der Waals surface area contributed by atoms with Crippen LogP contribution in [0.5, 0.6) is 5.75 Å². The third-order valence-corrected chi connectivity index (χ3v) is 4.78. The Labute approximate surface area is 157 Å². The summed E-state index contributed by atoms with van der Waals surface area (Å²) in [6.45, 7) is 0. The molecule has 2 aromatic heterocycles. The van der Waals surface area contributed by atoms with Gasteiger partial charge in [0.2, 0.25) is 0 Å². The normalized spacial score (nSPS) is 15.6. The number of anilines is 1. The van der Waals surface area contributed by atoms with Gasteiger partial charge in [-0.2, -0.15) is 5.10 Å². The Balaban J connectivity index is 1.65. The van der Waals surface area contributed by atoms with E-state index in [9.17, 15) is 13.2 Å². The maximum absolute atomic E-state index is 12.4. The number of hydrogen-bond donors (Lipinski definition) is 2. The van der Waals surface area contributed by atoms with Crippen molar-refractivity contribution in [2.75, 3.05) is 5.32 Å². The molecule has 0 spiro atoms. The van der Waals surface area contributed by atoms with Crippen molar-refractivity contribution in [2.24, 2.45) is 0 Å². The molecule has 1 aliphatic rings. The highest BCUT2D eigenvalue weighted by Crippen LogP contribution is 2.43. The quantitative estimate of drug-likeness (QED) is 0.510. The average Bonchev–Trinajstić information content (AvgIpc) is 3.04. The van der Waals surface area contributed by atoms with Gasteiger partial charge in [0.05, 0.1) is 12.2 Å². The molecule has 1 aliphatic heterocycles. The molecule has 0 saturated carbocycles. The van der Waals surface area contributed by atoms with Crippen molar-refractivity contribution in [1.29, 1.82) is 0 Å². The first-order chi connectivity index (χ1) is 13.5. The van der Waals surface area contributed by atoms with Crippen LogP contribution in [0.1, 0.15) is 17.2 Å². The van der Waals surface area contributed by atoms with Crippen LogP contribution in [0.3, 0.4) is 0 Å². The summed E-state index contributed by atoms with van der Waals surface area (Å²) < 4.78 is 41.3. The molecule has 140 valence electrons. The average molecular weight is 382 g/mol. The van der Waals surface area contributed by atoms with Gasteiger partial charge in [0.1, 0.15) is 5.75 Å². The molecule has 1 atom stereocenters. The van der Waals surface area contributed by atoms with Gasteiger partial charge in [-0.15, -0.1) is 18.3 Å². The lowest BCUT2D eigenvalue weighted by Crippen LogP contribution is -2.17. The molecule has 0 bridgehead atoms. The number of para-hydroxylation sites is 1. The van der Waals surface area contributed by atoms with Crippen molar-refractivity contribution in [3.05, 3.63) is 72.1 Å². The number of nitrogens with one attached hydrogen (secondary N) is 2. The van der Waals surface area contributed by atoms with Gasteiger partial charge in [-0.3, -0.25) is 0 Å². The molecule has 1 unspecified atom stereocenters. The summed E-state index contributed by atoms with van der Waals surface area (Å²) in [5.41, 5.74) is 5.25. The van der Waals surface area contributed by atoms with Crippen molar-refractivity contribution in [2.45, 2.75) is 12.4 Å². The van der Waals surface area contributed by atoms with Crippen LogP contribution in [0.25, 0.3) is 22.2 Å². The largest absolute Gasteiger partial charge is 0.573 e. The molecule has 4 aromatic rings. The Morgan fingerprint density at radius 3 is 2.54 bits per heavy atom. The lowest BCUT2D eigenvalue weighted by molar-refractivity contribution is -0.274. The van der Waals surface area contributed by atoms with Gasteiger partial charge in [0.25, 0.3) is 0 Å². The molecule has 0 radical (unpaired) electrons. The fourth-order valence-corrected chi connectivity index (χ4v) is 3.63. The molecular formula is C20H13F3N4O. The first kappa shape index (κ1) is 16.6. The number of ether oxygens (including phenoxy) is 1. The summed E-state index contributed by atoms with van der Waals surface area (Å²) in [7, 11) is 0. The van der Waals surface area contributed by atoms with Crippen LogP contribution >= 0.6 is 0 Å². The molecule has 8 heteroatoms. The molecule has 5 nitrogen and oxygen atoms in total. The summed E-state index contributed by atoms with van der Waals surface area (Å²) in [6.07, 6.45) is -1.14. The van der Waals surface area contributed by atoms with Crippen LogP contribution in [0.4, 0.5) is 18.9 Å². The molecule has 0 aliphatic carbocycles. The highest BCUT2D eigenvalue weighted by atomic mass is 19.4. The molecule has 0 fully saturated rings. The lowest BCUT2D eigenvalue weighted by atomic mass is 9.97. The number of aromatic amines is 1. The number of aromatic nitrogens is 3. The van der Waals surface area contributed by atoms with Gasteiger partial charge in [0, 0.05) is 34.0 Å². The second-order valence-corrected chi connectivity index (χ2v) is 6.47. The molecular weight excluding hydrogens is 369 g/mol. The summed E-state index contributed by atoms with van der Waals surface area (Å²) in [6, 6.07) is 13.4. The van der Waals surface area contributed by atoms with Gasteiger partial charge < -0.3 is 15.0 Å². The minimum absolute atomic E-state index is 0.254. The van der Waals surface area contributed by atoms with Crippen LogP contribution < -0.4 is 10.1 Å². The second kappa shape index (κ2) is 5.98. The van der Waals surface area contributed by atoms with Crippen molar-refractivity contribution < 1.29 is 17.9 Å². The van der Waals surface area contributed by atoms with Crippen LogP contribution in [0.15, 0.2) is 60.9 Å². The van der Waals surface area contributed by atoms with Crippen LogP contribution in [-0.2, 0) is 0 Å². The summed E-state index contributed by atoms with van der Waals surface area (Å²) >= 11 is 0. The zero-order valence-corrected chi connectivity index (χ0v) is 14.3. The number of halogens is 3. The highest BCUT2D eigenvalue weighted by Gasteiger charge is 2.31. The molecule has 2 N–H and O–H groups in total. The van der Waals surface area contributed by atoms with Crippen molar-refractivity contribution >= 4 is 16.7 Å². The number of alkyl halides is 3. The fourth-order valence-electron chi connectivity index (χ4n) is 3.63. The smallest absolute Gasteiger partial charge is 0.406 e. The van der Waals surface area contributed by atoms with Gasteiger partial charge in [-0.25, -0.2) is 0 Å². The van der Waals surface area contributed by atoms with Gasteiger partial charge in [-0.05, 0) is 23.8 Å². The zero-order valence-electron chi connectivity index (χ0n) is 14.3. The van der Waals surface area contributed by atoms with E-state index in [0.29, 0.717) is 5.65 Å². The molecule has 0 saturated heterocycles. The maximum Gasteiger partial charge on any atom is 0.573 e.